The average molecular weight is 540 g/mol. The first-order valence-corrected chi connectivity index (χ1v) is 13.6. The molecular formula is C28H33N3O6S. The van der Waals surface area contributed by atoms with E-state index in [1.54, 1.807) is 87.7 Å². The first kappa shape index (κ1) is 28.5. The number of likely N-dealkylation sites (N-methyl/N-ethyl adjacent to an activating group) is 1. The van der Waals surface area contributed by atoms with Crippen molar-refractivity contribution in [2.24, 2.45) is 0 Å². The van der Waals surface area contributed by atoms with Crippen LogP contribution in [0.25, 0.3) is 0 Å². The van der Waals surface area contributed by atoms with Crippen LogP contribution in [0.15, 0.2) is 83.8 Å². The van der Waals surface area contributed by atoms with Crippen molar-refractivity contribution in [2.75, 3.05) is 31.6 Å². The SMILES string of the molecule is CCNC(=O)[C@@H](C)N(Cc1ccc(OC)cc1)C(=O)CN(c1cccc(OC)c1)S(=O)(=O)c1ccccc1. The van der Waals surface area contributed by atoms with Crippen LogP contribution in [-0.2, 0) is 26.2 Å². The number of hydrogen-bond donors (Lipinski definition) is 1. The molecule has 10 heteroatoms. The van der Waals surface area contributed by atoms with Gasteiger partial charge in [-0.2, -0.15) is 0 Å². The van der Waals surface area contributed by atoms with Crippen LogP contribution < -0.4 is 19.1 Å². The Morgan fingerprint density at radius 1 is 0.895 bits per heavy atom. The Kier molecular flexibility index (Phi) is 9.72. The molecule has 0 saturated heterocycles. The summed E-state index contributed by atoms with van der Waals surface area (Å²) in [5, 5.41) is 2.74. The number of amides is 2. The van der Waals surface area contributed by atoms with Crippen LogP contribution in [0, 0.1) is 0 Å². The standard InChI is InChI=1S/C28H33N3O6S/c1-5-29-28(33)21(2)30(19-22-14-16-24(36-3)17-15-22)27(32)20-31(23-10-9-11-25(18-23)37-4)38(34,35)26-12-7-6-8-13-26/h6-18,21H,5,19-20H2,1-4H3,(H,29,33)/t21-/m1/s1. The average Bonchev–Trinajstić information content (AvgIpc) is 2.95. The molecule has 0 aliphatic rings. The van der Waals surface area contributed by atoms with Crippen molar-refractivity contribution in [3.8, 4) is 11.5 Å². The zero-order valence-corrected chi connectivity index (χ0v) is 22.8. The minimum atomic E-state index is -4.13. The molecule has 2 amide bonds. The highest BCUT2D eigenvalue weighted by atomic mass is 32.2. The van der Waals surface area contributed by atoms with E-state index in [2.05, 4.69) is 5.32 Å². The number of carbonyl (C=O) groups is 2. The van der Waals surface area contributed by atoms with Gasteiger partial charge in [-0.3, -0.25) is 13.9 Å². The molecule has 0 spiro atoms. The number of ether oxygens (including phenoxy) is 2. The predicted octanol–water partition coefficient (Wildman–Crippen LogP) is 3.45. The van der Waals surface area contributed by atoms with Crippen molar-refractivity contribution in [3.63, 3.8) is 0 Å². The summed E-state index contributed by atoms with van der Waals surface area (Å²) in [7, 11) is -1.10. The minimum absolute atomic E-state index is 0.0362. The summed E-state index contributed by atoms with van der Waals surface area (Å²) >= 11 is 0. The van der Waals surface area contributed by atoms with Crippen molar-refractivity contribution in [1.29, 1.82) is 0 Å². The van der Waals surface area contributed by atoms with Gasteiger partial charge in [-0.1, -0.05) is 36.4 Å². The summed E-state index contributed by atoms with van der Waals surface area (Å²) in [5.74, 6) is 0.214. The van der Waals surface area contributed by atoms with Gasteiger partial charge in [0, 0.05) is 19.2 Å². The van der Waals surface area contributed by atoms with E-state index in [0.29, 0.717) is 18.0 Å². The third-order valence-corrected chi connectivity index (χ3v) is 7.77. The molecule has 0 heterocycles. The van der Waals surface area contributed by atoms with Gasteiger partial charge < -0.3 is 19.7 Å². The van der Waals surface area contributed by atoms with Gasteiger partial charge in [0.25, 0.3) is 10.0 Å². The third-order valence-electron chi connectivity index (χ3n) is 5.98. The monoisotopic (exact) mass is 539 g/mol. The largest absolute Gasteiger partial charge is 0.497 e. The number of benzene rings is 3. The van der Waals surface area contributed by atoms with Crippen LogP contribution in [0.2, 0.25) is 0 Å². The smallest absolute Gasteiger partial charge is 0.264 e. The van der Waals surface area contributed by atoms with Crippen LogP contribution >= 0.6 is 0 Å². The summed E-state index contributed by atoms with van der Waals surface area (Å²) in [5.41, 5.74) is 1.02. The second-order valence-corrected chi connectivity index (χ2v) is 10.3. The van der Waals surface area contributed by atoms with Crippen LogP contribution in [-0.4, -0.2) is 58.5 Å². The Morgan fingerprint density at radius 3 is 2.16 bits per heavy atom. The molecule has 0 radical (unpaired) electrons. The van der Waals surface area contributed by atoms with Gasteiger partial charge >= 0.3 is 0 Å². The highest BCUT2D eigenvalue weighted by molar-refractivity contribution is 7.92. The van der Waals surface area contributed by atoms with Gasteiger partial charge in [-0.25, -0.2) is 8.42 Å². The third kappa shape index (κ3) is 6.83. The number of methoxy groups -OCH3 is 2. The van der Waals surface area contributed by atoms with E-state index in [-0.39, 0.29) is 23.0 Å². The lowest BCUT2D eigenvalue weighted by Gasteiger charge is -2.32. The first-order valence-electron chi connectivity index (χ1n) is 12.1. The highest BCUT2D eigenvalue weighted by Gasteiger charge is 2.32. The molecule has 9 nitrogen and oxygen atoms in total. The molecule has 1 N–H and O–H groups in total. The van der Waals surface area contributed by atoms with Gasteiger partial charge in [-0.15, -0.1) is 0 Å². The zero-order chi connectivity index (χ0) is 27.7. The lowest BCUT2D eigenvalue weighted by molar-refractivity contribution is -0.139. The maximum atomic E-state index is 13.8. The van der Waals surface area contributed by atoms with Crippen molar-refractivity contribution < 1.29 is 27.5 Å². The fourth-order valence-electron chi connectivity index (χ4n) is 3.85. The van der Waals surface area contributed by atoms with Crippen molar-refractivity contribution >= 4 is 27.5 Å². The number of hydrogen-bond acceptors (Lipinski definition) is 6. The van der Waals surface area contributed by atoms with Gasteiger partial charge in [0.15, 0.2) is 0 Å². The maximum absolute atomic E-state index is 13.8. The summed E-state index contributed by atoms with van der Waals surface area (Å²) in [6.07, 6.45) is 0. The molecular weight excluding hydrogens is 506 g/mol. The summed E-state index contributed by atoms with van der Waals surface area (Å²) < 4.78 is 39.0. The molecule has 0 unspecified atom stereocenters. The molecule has 0 aliphatic carbocycles. The Labute approximate surface area is 224 Å². The van der Waals surface area contributed by atoms with Crippen LogP contribution in [0.4, 0.5) is 5.69 Å². The van der Waals surface area contributed by atoms with E-state index in [1.807, 2.05) is 0 Å². The van der Waals surface area contributed by atoms with E-state index in [0.717, 1.165) is 9.87 Å². The molecule has 0 bridgehead atoms. The van der Waals surface area contributed by atoms with Crippen molar-refractivity contribution in [1.82, 2.24) is 10.2 Å². The quantitative estimate of drug-likeness (QED) is 0.378. The van der Waals surface area contributed by atoms with E-state index < -0.39 is 28.5 Å². The van der Waals surface area contributed by atoms with Gasteiger partial charge in [-0.05, 0) is 55.8 Å². The Hall–Kier alpha value is -4.05. The molecule has 3 aromatic rings. The topological polar surface area (TPSA) is 105 Å². The first-order chi connectivity index (χ1) is 18.2. The minimum Gasteiger partial charge on any atom is -0.497 e. The maximum Gasteiger partial charge on any atom is 0.264 e. The second-order valence-electron chi connectivity index (χ2n) is 8.47. The Morgan fingerprint density at radius 2 is 1.55 bits per heavy atom. The number of rotatable bonds is 12. The summed E-state index contributed by atoms with van der Waals surface area (Å²) in [6, 6.07) is 20.6. The van der Waals surface area contributed by atoms with E-state index in [4.69, 9.17) is 9.47 Å². The fourth-order valence-corrected chi connectivity index (χ4v) is 5.27. The number of anilines is 1. The number of sulfonamides is 1. The zero-order valence-electron chi connectivity index (χ0n) is 22.0. The number of nitrogens with zero attached hydrogens (tertiary/aromatic N) is 2. The number of carbonyl (C=O) groups excluding carboxylic acids is 2. The fraction of sp³-hybridized carbons (Fsp3) is 0.286. The molecule has 1 atom stereocenters. The highest BCUT2D eigenvalue weighted by Crippen LogP contribution is 2.27. The lowest BCUT2D eigenvalue weighted by Crippen LogP contribution is -2.51. The van der Waals surface area contributed by atoms with Gasteiger partial charge in [0.05, 0.1) is 24.8 Å². The molecule has 38 heavy (non-hydrogen) atoms. The van der Waals surface area contributed by atoms with Crippen molar-refractivity contribution in [2.45, 2.75) is 31.3 Å². The number of nitrogens with one attached hydrogen (secondary N) is 1. The van der Waals surface area contributed by atoms with Gasteiger partial charge in [0.1, 0.15) is 24.1 Å². The second kappa shape index (κ2) is 13.0. The van der Waals surface area contributed by atoms with Crippen LogP contribution in [0.1, 0.15) is 19.4 Å². The van der Waals surface area contributed by atoms with Crippen LogP contribution in [0.3, 0.4) is 0 Å². The molecule has 3 rings (SSSR count). The van der Waals surface area contributed by atoms with E-state index >= 15 is 0 Å². The molecule has 3 aromatic carbocycles. The van der Waals surface area contributed by atoms with Crippen LogP contribution in [0.5, 0.6) is 11.5 Å². The normalized spacial score (nSPS) is 11.8. The predicted molar refractivity (Wildman–Crippen MR) is 146 cm³/mol. The van der Waals surface area contributed by atoms with Gasteiger partial charge in [0.2, 0.25) is 11.8 Å². The summed E-state index contributed by atoms with van der Waals surface area (Å²) in [4.78, 5) is 28.0. The Balaban J connectivity index is 2.02. The molecule has 0 aliphatic heterocycles. The van der Waals surface area contributed by atoms with E-state index in [9.17, 15) is 18.0 Å². The molecule has 0 fully saturated rings. The molecule has 202 valence electrons. The summed E-state index contributed by atoms with van der Waals surface area (Å²) in [6.45, 7) is 3.38. The van der Waals surface area contributed by atoms with Crippen molar-refractivity contribution in [3.05, 3.63) is 84.4 Å². The lowest BCUT2D eigenvalue weighted by atomic mass is 10.1. The van der Waals surface area contributed by atoms with E-state index in [1.165, 1.54) is 24.1 Å². The Bertz CT molecular complexity index is 1330. The molecule has 0 saturated carbocycles. The molecule has 0 aromatic heterocycles.